The lowest BCUT2D eigenvalue weighted by Crippen LogP contribution is -1.85. The second-order valence-electron chi connectivity index (χ2n) is 2.14. The Morgan fingerprint density at radius 2 is 2.08 bits per heavy atom. The highest BCUT2D eigenvalue weighted by Gasteiger charge is 2.13. The van der Waals surface area contributed by atoms with Gasteiger partial charge in [0.2, 0.25) is 0 Å². The van der Waals surface area contributed by atoms with Crippen molar-refractivity contribution in [1.29, 1.82) is 0 Å². The Labute approximate surface area is 70.4 Å². The van der Waals surface area contributed by atoms with Crippen molar-refractivity contribution in [3.8, 4) is 5.75 Å². The Balaban J connectivity index is 2.63. The molecule has 64 valence electrons. The van der Waals surface area contributed by atoms with E-state index in [1.165, 1.54) is 6.07 Å². The van der Waals surface area contributed by atoms with Crippen LogP contribution < -0.4 is 0 Å². The molecule has 0 radical (unpaired) electrons. The summed E-state index contributed by atoms with van der Waals surface area (Å²) in [5, 5.41) is 9.17. The van der Waals surface area contributed by atoms with Crippen LogP contribution in [0.5, 0.6) is 5.75 Å². The van der Waals surface area contributed by atoms with Gasteiger partial charge in [-0.05, 0) is 6.07 Å². The molecule has 0 aliphatic heterocycles. The largest absolute Gasteiger partial charge is 0.695 e. The maximum Gasteiger partial charge on any atom is 0.695 e. The number of phenolic OH excluding ortho intramolecular Hbond substituents is 1. The average molecular weight is 187 g/mol. The van der Waals surface area contributed by atoms with Crippen molar-refractivity contribution in [2.75, 3.05) is 0 Å². The lowest BCUT2D eigenvalue weighted by atomic mass is 10.2. The summed E-state index contributed by atoms with van der Waals surface area (Å²) in [7, 11) is -2.60. The van der Waals surface area contributed by atoms with Gasteiger partial charge in [0.05, 0.1) is 0 Å². The van der Waals surface area contributed by atoms with Gasteiger partial charge in [0.15, 0.2) is 0 Å². The monoisotopic (exact) mass is 187 g/mol. The molecule has 5 heteroatoms. The molecule has 1 aromatic carbocycles. The first-order chi connectivity index (χ1) is 5.70. The fraction of sp³-hybridized carbons (Fsp3) is 0.143. The molecular formula is C7H8O4P+. The van der Waals surface area contributed by atoms with Crippen LogP contribution >= 0.6 is 8.25 Å². The highest BCUT2D eigenvalue weighted by Crippen LogP contribution is 2.22. The third kappa shape index (κ3) is 2.58. The molecule has 0 aromatic heterocycles. The smallest absolute Gasteiger partial charge is 0.508 e. The van der Waals surface area contributed by atoms with Gasteiger partial charge in [-0.2, -0.15) is 0 Å². The van der Waals surface area contributed by atoms with Gasteiger partial charge in [-0.1, -0.05) is 18.2 Å². The second kappa shape index (κ2) is 4.16. The molecule has 0 aliphatic rings. The Bertz CT molecular complexity index is 286. The van der Waals surface area contributed by atoms with Crippen LogP contribution in [0, 0.1) is 0 Å². The predicted molar refractivity (Wildman–Crippen MR) is 42.7 cm³/mol. The summed E-state index contributed by atoms with van der Waals surface area (Å²) in [5.74, 6) is 0.0642. The van der Waals surface area contributed by atoms with Crippen molar-refractivity contribution in [2.24, 2.45) is 0 Å². The fourth-order valence-corrected chi connectivity index (χ4v) is 1.01. The molecule has 0 amide bonds. The first-order valence-corrected chi connectivity index (χ1v) is 4.39. The van der Waals surface area contributed by atoms with Crippen molar-refractivity contribution < 1.29 is 19.1 Å². The molecule has 1 aromatic rings. The van der Waals surface area contributed by atoms with Crippen LogP contribution in [0.2, 0.25) is 0 Å². The quantitative estimate of drug-likeness (QED) is 0.704. The molecule has 1 unspecified atom stereocenters. The van der Waals surface area contributed by atoms with E-state index in [0.29, 0.717) is 5.56 Å². The van der Waals surface area contributed by atoms with E-state index in [0.717, 1.165) is 0 Å². The van der Waals surface area contributed by atoms with Crippen molar-refractivity contribution >= 4 is 8.25 Å². The molecule has 0 heterocycles. The summed E-state index contributed by atoms with van der Waals surface area (Å²) in [5.41, 5.74) is 0.495. The van der Waals surface area contributed by atoms with Gasteiger partial charge in [-0.25, -0.2) is 0 Å². The van der Waals surface area contributed by atoms with Gasteiger partial charge in [0.25, 0.3) is 0 Å². The SMILES string of the molecule is O=[P+](O)OCc1ccccc1O. The first kappa shape index (κ1) is 9.13. The zero-order valence-corrected chi connectivity index (χ0v) is 7.07. The maximum atomic E-state index is 10.1. The molecule has 0 fully saturated rings. The Morgan fingerprint density at radius 3 is 2.67 bits per heavy atom. The lowest BCUT2D eigenvalue weighted by molar-refractivity contribution is 0.268. The van der Waals surface area contributed by atoms with E-state index in [2.05, 4.69) is 4.52 Å². The van der Waals surface area contributed by atoms with Gasteiger partial charge < -0.3 is 5.11 Å². The van der Waals surface area contributed by atoms with Crippen LogP contribution in [0.15, 0.2) is 24.3 Å². The Kier molecular flexibility index (Phi) is 3.17. The lowest BCUT2D eigenvalue weighted by Gasteiger charge is -1.97. The van der Waals surface area contributed by atoms with Crippen LogP contribution in [-0.2, 0) is 15.7 Å². The zero-order valence-electron chi connectivity index (χ0n) is 6.17. The Hall–Kier alpha value is -0.960. The van der Waals surface area contributed by atoms with E-state index in [4.69, 9.17) is 10.00 Å². The molecule has 0 saturated heterocycles. The third-order valence-electron chi connectivity index (χ3n) is 1.32. The van der Waals surface area contributed by atoms with Crippen molar-refractivity contribution in [2.45, 2.75) is 6.61 Å². The van der Waals surface area contributed by atoms with Crippen LogP contribution in [-0.4, -0.2) is 10.00 Å². The minimum atomic E-state index is -2.60. The fourth-order valence-electron chi connectivity index (χ4n) is 0.758. The molecule has 0 spiro atoms. The van der Waals surface area contributed by atoms with Crippen molar-refractivity contribution in [3.63, 3.8) is 0 Å². The minimum absolute atomic E-state index is 0.0572. The van der Waals surface area contributed by atoms with Crippen LogP contribution in [0.3, 0.4) is 0 Å². The number of hydrogen-bond donors (Lipinski definition) is 2. The van der Waals surface area contributed by atoms with Gasteiger partial charge in [-0.15, -0.1) is 9.42 Å². The predicted octanol–water partition coefficient (Wildman–Crippen LogP) is 1.56. The van der Waals surface area contributed by atoms with Crippen LogP contribution in [0.25, 0.3) is 0 Å². The molecule has 1 rings (SSSR count). The summed E-state index contributed by atoms with van der Waals surface area (Å²) in [6.45, 7) is -0.0572. The minimum Gasteiger partial charge on any atom is -0.508 e. The summed E-state index contributed by atoms with van der Waals surface area (Å²) in [6, 6.07) is 6.48. The van der Waals surface area contributed by atoms with Gasteiger partial charge in [0.1, 0.15) is 12.4 Å². The van der Waals surface area contributed by atoms with Crippen LogP contribution in [0.1, 0.15) is 5.56 Å². The highest BCUT2D eigenvalue weighted by atomic mass is 31.1. The third-order valence-corrected chi connectivity index (χ3v) is 1.67. The highest BCUT2D eigenvalue weighted by molar-refractivity contribution is 7.32. The number of hydrogen-bond acceptors (Lipinski definition) is 3. The standard InChI is InChI=1S/C7H7O4P/c8-7-4-2-1-3-6(7)5-11-12(9)10/h1-4H,5H2,(H-,8,9,10)/p+1. The first-order valence-electron chi connectivity index (χ1n) is 3.26. The van der Waals surface area contributed by atoms with Gasteiger partial charge >= 0.3 is 8.25 Å². The van der Waals surface area contributed by atoms with Gasteiger partial charge in [-0.3, -0.25) is 0 Å². The van der Waals surface area contributed by atoms with E-state index >= 15 is 0 Å². The number of para-hydroxylation sites is 1. The molecule has 1 atom stereocenters. The number of benzene rings is 1. The normalized spacial score (nSPS) is 11.2. The molecule has 0 bridgehead atoms. The number of rotatable bonds is 3. The van der Waals surface area contributed by atoms with E-state index in [1.807, 2.05) is 0 Å². The summed E-state index contributed by atoms with van der Waals surface area (Å²) < 4.78 is 14.5. The van der Waals surface area contributed by atoms with Gasteiger partial charge in [0, 0.05) is 10.1 Å². The molecular weight excluding hydrogens is 179 g/mol. The number of aromatic hydroxyl groups is 1. The molecule has 0 aliphatic carbocycles. The van der Waals surface area contributed by atoms with Crippen molar-refractivity contribution in [1.82, 2.24) is 0 Å². The molecule has 4 nitrogen and oxygen atoms in total. The Morgan fingerprint density at radius 1 is 1.42 bits per heavy atom. The van der Waals surface area contributed by atoms with E-state index in [9.17, 15) is 4.57 Å². The molecule has 0 saturated carbocycles. The number of phenols is 1. The summed E-state index contributed by atoms with van der Waals surface area (Å²) in [6.07, 6.45) is 0. The summed E-state index contributed by atoms with van der Waals surface area (Å²) >= 11 is 0. The topological polar surface area (TPSA) is 66.8 Å². The average Bonchev–Trinajstić information content (AvgIpc) is 2.03. The van der Waals surface area contributed by atoms with E-state index < -0.39 is 8.25 Å². The molecule has 2 N–H and O–H groups in total. The molecule has 12 heavy (non-hydrogen) atoms. The van der Waals surface area contributed by atoms with E-state index in [1.54, 1.807) is 18.2 Å². The van der Waals surface area contributed by atoms with Crippen molar-refractivity contribution in [3.05, 3.63) is 29.8 Å². The van der Waals surface area contributed by atoms with Crippen LogP contribution in [0.4, 0.5) is 0 Å². The van der Waals surface area contributed by atoms with E-state index in [-0.39, 0.29) is 12.4 Å². The maximum absolute atomic E-state index is 10.1. The zero-order chi connectivity index (χ0) is 8.97. The summed E-state index contributed by atoms with van der Waals surface area (Å²) in [4.78, 5) is 8.31. The second-order valence-corrected chi connectivity index (χ2v) is 2.87.